The van der Waals surface area contributed by atoms with Crippen molar-refractivity contribution < 1.29 is 4.74 Å². The summed E-state index contributed by atoms with van der Waals surface area (Å²) in [5.74, 6) is 0.853. The van der Waals surface area contributed by atoms with Crippen LogP contribution in [0.3, 0.4) is 0 Å². The first-order chi connectivity index (χ1) is 10.7. The summed E-state index contributed by atoms with van der Waals surface area (Å²) in [6.07, 6.45) is 0. The number of thiophene rings is 1. The smallest absolute Gasteiger partial charge is 0.118 e. The average Bonchev–Trinajstić information content (AvgIpc) is 2.97. The van der Waals surface area contributed by atoms with Crippen LogP contribution in [0.4, 0.5) is 0 Å². The van der Waals surface area contributed by atoms with Crippen LogP contribution in [-0.2, 0) is 0 Å². The number of methoxy groups -OCH3 is 1. The summed E-state index contributed by atoms with van der Waals surface area (Å²) in [7, 11) is 1.67. The first-order valence-corrected chi connectivity index (χ1v) is 8.26. The Morgan fingerprint density at radius 3 is 2.23 bits per heavy atom. The highest BCUT2D eigenvalue weighted by Crippen LogP contribution is 2.41. The number of hydrogen-bond acceptors (Lipinski definition) is 3. The molecule has 0 saturated heterocycles. The van der Waals surface area contributed by atoms with E-state index in [0.717, 1.165) is 26.2 Å². The van der Waals surface area contributed by atoms with Crippen molar-refractivity contribution in [1.82, 2.24) is 0 Å². The quantitative estimate of drug-likeness (QED) is 0.590. The van der Waals surface area contributed by atoms with E-state index in [4.69, 9.17) is 10.00 Å². The Hall–Kier alpha value is -2.09. The second-order valence-electron chi connectivity index (χ2n) is 4.71. The van der Waals surface area contributed by atoms with Crippen molar-refractivity contribution in [2.45, 2.75) is 0 Å². The fraction of sp³-hybridized carbons (Fsp3) is 0.0556. The van der Waals surface area contributed by atoms with Gasteiger partial charge in [-0.15, -0.1) is 11.3 Å². The van der Waals surface area contributed by atoms with E-state index in [9.17, 15) is 0 Å². The minimum Gasteiger partial charge on any atom is -0.497 e. The van der Waals surface area contributed by atoms with E-state index in [1.165, 1.54) is 4.88 Å². The van der Waals surface area contributed by atoms with Gasteiger partial charge in [0.15, 0.2) is 0 Å². The van der Waals surface area contributed by atoms with Crippen LogP contribution in [0.1, 0.15) is 5.56 Å². The molecule has 2 aromatic carbocycles. The van der Waals surface area contributed by atoms with Crippen LogP contribution in [0.15, 0.2) is 59.1 Å². The second-order valence-corrected chi connectivity index (χ2v) is 6.61. The van der Waals surface area contributed by atoms with E-state index in [2.05, 4.69) is 40.2 Å². The summed E-state index contributed by atoms with van der Waals surface area (Å²) in [4.78, 5) is 2.35. The third-order valence-corrected chi connectivity index (χ3v) is 5.46. The van der Waals surface area contributed by atoms with Crippen molar-refractivity contribution >= 4 is 27.3 Å². The Bertz CT molecular complexity index is 829. The van der Waals surface area contributed by atoms with Crippen molar-refractivity contribution in [2.75, 3.05) is 7.11 Å². The summed E-state index contributed by atoms with van der Waals surface area (Å²) in [5.41, 5.74) is 2.94. The molecule has 0 unspecified atom stereocenters. The zero-order valence-corrected chi connectivity index (χ0v) is 14.2. The standard InChI is InChI=1S/C18H12BrNOS/c1-21-15-8-6-13(7-9-15)17-10-16(19)18(22-17)14-4-2-12(11-20)3-5-14/h2-10H,1H3. The molecule has 0 saturated carbocycles. The van der Waals surface area contributed by atoms with Crippen molar-refractivity contribution in [3.8, 4) is 32.7 Å². The van der Waals surface area contributed by atoms with Gasteiger partial charge in [0.1, 0.15) is 5.75 Å². The molecule has 1 heterocycles. The molecule has 0 amide bonds. The summed E-state index contributed by atoms with van der Waals surface area (Å²) in [6, 6.07) is 19.9. The van der Waals surface area contributed by atoms with Crippen LogP contribution in [-0.4, -0.2) is 7.11 Å². The average molecular weight is 370 g/mol. The van der Waals surface area contributed by atoms with Gasteiger partial charge in [-0.2, -0.15) is 5.26 Å². The van der Waals surface area contributed by atoms with Gasteiger partial charge in [0, 0.05) is 14.2 Å². The van der Waals surface area contributed by atoms with Crippen LogP contribution in [0.5, 0.6) is 5.75 Å². The first-order valence-electron chi connectivity index (χ1n) is 6.65. The lowest BCUT2D eigenvalue weighted by Crippen LogP contribution is -1.81. The highest BCUT2D eigenvalue weighted by atomic mass is 79.9. The predicted molar refractivity (Wildman–Crippen MR) is 94.2 cm³/mol. The third kappa shape index (κ3) is 2.92. The number of hydrogen-bond donors (Lipinski definition) is 0. The topological polar surface area (TPSA) is 33.0 Å². The Kier molecular flexibility index (Phi) is 4.28. The number of nitrogens with zero attached hydrogens (tertiary/aromatic N) is 1. The minimum atomic E-state index is 0.673. The maximum absolute atomic E-state index is 8.88. The SMILES string of the molecule is COc1ccc(-c2cc(Br)c(-c3ccc(C#N)cc3)s2)cc1. The van der Waals surface area contributed by atoms with Crippen LogP contribution in [0.2, 0.25) is 0 Å². The lowest BCUT2D eigenvalue weighted by molar-refractivity contribution is 0.415. The summed E-state index contributed by atoms with van der Waals surface area (Å²) in [6.45, 7) is 0. The van der Waals surface area contributed by atoms with Crippen LogP contribution in [0, 0.1) is 11.3 Å². The van der Waals surface area contributed by atoms with Crippen molar-refractivity contribution in [3.63, 3.8) is 0 Å². The molecule has 3 aromatic rings. The van der Waals surface area contributed by atoms with Crippen LogP contribution >= 0.6 is 27.3 Å². The monoisotopic (exact) mass is 369 g/mol. The molecule has 0 fully saturated rings. The Morgan fingerprint density at radius 2 is 1.64 bits per heavy atom. The van der Waals surface area contributed by atoms with Crippen LogP contribution in [0.25, 0.3) is 20.9 Å². The summed E-state index contributed by atoms with van der Waals surface area (Å²) >= 11 is 5.36. The molecule has 0 aliphatic heterocycles. The van der Waals surface area contributed by atoms with E-state index in [-0.39, 0.29) is 0 Å². The molecule has 2 nitrogen and oxygen atoms in total. The maximum atomic E-state index is 8.88. The zero-order valence-electron chi connectivity index (χ0n) is 11.8. The largest absolute Gasteiger partial charge is 0.497 e. The van der Waals surface area contributed by atoms with Crippen molar-refractivity contribution in [1.29, 1.82) is 5.26 Å². The fourth-order valence-electron chi connectivity index (χ4n) is 2.16. The van der Waals surface area contributed by atoms with E-state index in [1.54, 1.807) is 18.4 Å². The molecule has 0 radical (unpaired) electrons. The predicted octanol–water partition coefficient (Wildman–Crippen LogP) is 5.72. The van der Waals surface area contributed by atoms with Gasteiger partial charge >= 0.3 is 0 Å². The van der Waals surface area contributed by atoms with Gasteiger partial charge in [0.05, 0.1) is 18.7 Å². The maximum Gasteiger partial charge on any atom is 0.118 e. The number of rotatable bonds is 3. The third-order valence-electron chi connectivity index (χ3n) is 3.34. The molecular weight excluding hydrogens is 358 g/mol. The number of benzene rings is 2. The lowest BCUT2D eigenvalue weighted by Gasteiger charge is -2.01. The Labute approximate surface area is 141 Å². The van der Waals surface area contributed by atoms with Crippen LogP contribution < -0.4 is 4.74 Å². The summed E-state index contributed by atoms with van der Waals surface area (Å²) in [5, 5.41) is 8.88. The molecule has 3 rings (SSSR count). The molecule has 0 spiro atoms. The molecule has 0 aliphatic carbocycles. The van der Waals surface area contributed by atoms with Gasteiger partial charge in [-0.25, -0.2) is 0 Å². The molecule has 4 heteroatoms. The van der Waals surface area contributed by atoms with Crippen molar-refractivity contribution in [2.24, 2.45) is 0 Å². The number of nitriles is 1. The van der Waals surface area contributed by atoms with Gasteiger partial charge in [-0.05, 0) is 69.5 Å². The Balaban J connectivity index is 1.97. The lowest BCUT2D eigenvalue weighted by atomic mass is 10.1. The van der Waals surface area contributed by atoms with E-state index in [1.807, 2.05) is 36.4 Å². The molecular formula is C18H12BrNOS. The Morgan fingerprint density at radius 1 is 1.00 bits per heavy atom. The fourth-order valence-corrected chi connectivity index (χ4v) is 4.07. The molecule has 0 aliphatic rings. The van der Waals surface area contributed by atoms with Crippen molar-refractivity contribution in [3.05, 3.63) is 64.6 Å². The normalized spacial score (nSPS) is 10.2. The van der Waals surface area contributed by atoms with E-state index in [0.29, 0.717) is 5.56 Å². The number of ether oxygens (including phenoxy) is 1. The van der Waals surface area contributed by atoms with Gasteiger partial charge < -0.3 is 4.74 Å². The second kappa shape index (κ2) is 6.35. The molecule has 0 atom stereocenters. The minimum absolute atomic E-state index is 0.673. The first kappa shape index (κ1) is 14.8. The number of halogens is 1. The van der Waals surface area contributed by atoms with Gasteiger partial charge in [-0.3, -0.25) is 0 Å². The van der Waals surface area contributed by atoms with Gasteiger partial charge in [0.2, 0.25) is 0 Å². The molecule has 1 aromatic heterocycles. The van der Waals surface area contributed by atoms with Gasteiger partial charge in [0.25, 0.3) is 0 Å². The van der Waals surface area contributed by atoms with E-state index < -0.39 is 0 Å². The summed E-state index contributed by atoms with van der Waals surface area (Å²) < 4.78 is 6.26. The zero-order chi connectivity index (χ0) is 15.5. The van der Waals surface area contributed by atoms with E-state index >= 15 is 0 Å². The molecule has 0 N–H and O–H groups in total. The molecule has 22 heavy (non-hydrogen) atoms. The molecule has 108 valence electrons. The highest BCUT2D eigenvalue weighted by molar-refractivity contribution is 9.10. The highest BCUT2D eigenvalue weighted by Gasteiger charge is 2.11. The van der Waals surface area contributed by atoms with Gasteiger partial charge in [-0.1, -0.05) is 12.1 Å². The molecule has 0 bridgehead atoms.